The molecule has 5 nitrogen and oxygen atoms in total. The van der Waals surface area contributed by atoms with Gasteiger partial charge in [-0.2, -0.15) is 0 Å². The van der Waals surface area contributed by atoms with E-state index in [0.717, 1.165) is 16.8 Å². The van der Waals surface area contributed by atoms with Gasteiger partial charge in [0.2, 0.25) is 11.8 Å². The molecule has 0 saturated heterocycles. The molecule has 0 aliphatic rings. The highest BCUT2D eigenvalue weighted by atomic mass is 16.5. The molecule has 0 aliphatic heterocycles. The van der Waals surface area contributed by atoms with Crippen LogP contribution in [0.5, 0.6) is 5.75 Å². The van der Waals surface area contributed by atoms with Crippen LogP contribution in [0.3, 0.4) is 0 Å². The molecule has 0 fully saturated rings. The molecular formula is C23H30N2O3. The molecule has 2 N–H and O–H groups in total. The summed E-state index contributed by atoms with van der Waals surface area (Å²) < 4.78 is 5.30. The summed E-state index contributed by atoms with van der Waals surface area (Å²) in [5.74, 6) is 0.00929. The Morgan fingerprint density at radius 2 is 1.50 bits per heavy atom. The number of para-hydroxylation sites is 2. The molecule has 0 radical (unpaired) electrons. The average molecular weight is 383 g/mol. The van der Waals surface area contributed by atoms with Gasteiger partial charge in [-0.05, 0) is 37.0 Å². The molecule has 2 aromatic carbocycles. The largest absolute Gasteiger partial charge is 0.496 e. The number of hydrogen-bond acceptors (Lipinski definition) is 3. The zero-order chi connectivity index (χ0) is 20.9. The molecule has 2 aromatic rings. The van der Waals surface area contributed by atoms with E-state index in [-0.39, 0.29) is 23.8 Å². The lowest BCUT2D eigenvalue weighted by Gasteiger charge is -2.27. The van der Waals surface area contributed by atoms with Gasteiger partial charge in [-0.25, -0.2) is 0 Å². The van der Waals surface area contributed by atoms with Crippen molar-refractivity contribution in [3.05, 3.63) is 59.7 Å². The fraction of sp³-hybridized carbons (Fsp3) is 0.391. The minimum atomic E-state index is -1.23. The zero-order valence-corrected chi connectivity index (χ0v) is 17.6. The van der Waals surface area contributed by atoms with Crippen LogP contribution in [-0.2, 0) is 21.5 Å². The number of nitrogens with one attached hydrogen (secondary N) is 2. The van der Waals surface area contributed by atoms with E-state index >= 15 is 0 Å². The maximum absolute atomic E-state index is 12.9. The lowest BCUT2D eigenvalue weighted by molar-refractivity contribution is -0.138. The van der Waals surface area contributed by atoms with Crippen molar-refractivity contribution in [1.82, 2.24) is 5.32 Å². The maximum Gasteiger partial charge on any atom is 0.239 e. The minimum Gasteiger partial charge on any atom is -0.496 e. The lowest BCUT2D eigenvalue weighted by atomic mass is 9.85. The summed E-state index contributed by atoms with van der Waals surface area (Å²) in [6.45, 7) is 9.80. The van der Waals surface area contributed by atoms with Gasteiger partial charge < -0.3 is 15.4 Å². The van der Waals surface area contributed by atoms with Gasteiger partial charge in [-0.3, -0.25) is 9.59 Å². The molecule has 0 heterocycles. The van der Waals surface area contributed by atoms with Gasteiger partial charge in [0.1, 0.15) is 11.2 Å². The molecule has 0 spiro atoms. The highest BCUT2D eigenvalue weighted by Crippen LogP contribution is 2.30. The van der Waals surface area contributed by atoms with Crippen LogP contribution in [-0.4, -0.2) is 18.9 Å². The van der Waals surface area contributed by atoms with Gasteiger partial charge in [0.15, 0.2) is 0 Å². The van der Waals surface area contributed by atoms with Crippen molar-refractivity contribution < 1.29 is 14.3 Å². The standard InChI is InChI=1S/C23H30N2O3/c1-22(2,3)17-12-8-9-13-18(17)25-21(27)23(4,5)20(26)24-15-16-11-7-10-14-19(16)28-6/h7-14H,15H2,1-6H3,(H,24,26)(H,25,27). The van der Waals surface area contributed by atoms with Crippen LogP contribution in [0, 0.1) is 5.41 Å². The molecule has 28 heavy (non-hydrogen) atoms. The van der Waals surface area contributed by atoms with Gasteiger partial charge in [0, 0.05) is 17.8 Å². The summed E-state index contributed by atoms with van der Waals surface area (Å²) in [5, 5.41) is 5.78. The molecule has 150 valence electrons. The number of carbonyl (C=O) groups excluding carboxylic acids is 2. The van der Waals surface area contributed by atoms with Crippen LogP contribution in [0.1, 0.15) is 45.7 Å². The van der Waals surface area contributed by atoms with E-state index in [2.05, 4.69) is 31.4 Å². The number of benzene rings is 2. The lowest BCUT2D eigenvalue weighted by Crippen LogP contribution is -2.45. The van der Waals surface area contributed by atoms with Crippen molar-refractivity contribution in [1.29, 1.82) is 0 Å². The summed E-state index contributed by atoms with van der Waals surface area (Å²) in [7, 11) is 1.59. The molecule has 2 amide bonds. The number of anilines is 1. The third-order valence-corrected chi connectivity index (χ3v) is 4.75. The molecule has 0 aromatic heterocycles. The highest BCUT2D eigenvalue weighted by Gasteiger charge is 2.36. The van der Waals surface area contributed by atoms with Gasteiger partial charge in [-0.15, -0.1) is 0 Å². The van der Waals surface area contributed by atoms with Gasteiger partial charge in [0.25, 0.3) is 0 Å². The monoisotopic (exact) mass is 382 g/mol. The Balaban J connectivity index is 2.11. The molecule has 0 aliphatic carbocycles. The summed E-state index contributed by atoms with van der Waals surface area (Å²) in [4.78, 5) is 25.6. The fourth-order valence-corrected chi connectivity index (χ4v) is 2.87. The smallest absolute Gasteiger partial charge is 0.239 e. The Morgan fingerprint density at radius 1 is 0.893 bits per heavy atom. The van der Waals surface area contributed by atoms with Crippen LogP contribution < -0.4 is 15.4 Å². The Labute approximate surface area is 167 Å². The quantitative estimate of drug-likeness (QED) is 0.733. The first-order chi connectivity index (χ1) is 13.1. The highest BCUT2D eigenvalue weighted by molar-refractivity contribution is 6.10. The van der Waals surface area contributed by atoms with Crippen molar-refractivity contribution in [2.75, 3.05) is 12.4 Å². The van der Waals surface area contributed by atoms with Crippen molar-refractivity contribution in [3.8, 4) is 5.75 Å². The second kappa shape index (κ2) is 8.46. The first-order valence-corrected chi connectivity index (χ1v) is 9.38. The van der Waals surface area contributed by atoms with Gasteiger partial charge >= 0.3 is 0 Å². The predicted octanol–water partition coefficient (Wildman–Crippen LogP) is 4.27. The zero-order valence-electron chi connectivity index (χ0n) is 17.6. The van der Waals surface area contributed by atoms with Crippen LogP contribution in [0.2, 0.25) is 0 Å². The Morgan fingerprint density at radius 3 is 2.14 bits per heavy atom. The molecule has 0 bridgehead atoms. The molecule has 0 unspecified atom stereocenters. The maximum atomic E-state index is 12.9. The van der Waals surface area contributed by atoms with E-state index in [1.54, 1.807) is 21.0 Å². The van der Waals surface area contributed by atoms with Crippen molar-refractivity contribution in [2.45, 2.75) is 46.6 Å². The number of amides is 2. The SMILES string of the molecule is COc1ccccc1CNC(=O)C(C)(C)C(=O)Nc1ccccc1C(C)(C)C. The van der Waals surface area contributed by atoms with Crippen molar-refractivity contribution >= 4 is 17.5 Å². The van der Waals surface area contributed by atoms with E-state index in [4.69, 9.17) is 4.74 Å². The molecular weight excluding hydrogens is 352 g/mol. The van der Waals surface area contributed by atoms with Gasteiger partial charge in [0.05, 0.1) is 7.11 Å². The number of rotatable bonds is 6. The first kappa shape index (κ1) is 21.5. The summed E-state index contributed by atoms with van der Waals surface area (Å²) >= 11 is 0. The van der Waals surface area contributed by atoms with E-state index in [0.29, 0.717) is 5.75 Å². The number of hydrogen-bond donors (Lipinski definition) is 2. The molecule has 0 saturated carbocycles. The third-order valence-electron chi connectivity index (χ3n) is 4.75. The van der Waals surface area contributed by atoms with Crippen molar-refractivity contribution in [2.24, 2.45) is 5.41 Å². The molecule has 2 rings (SSSR count). The van der Waals surface area contributed by atoms with Crippen LogP contribution in [0.25, 0.3) is 0 Å². The third kappa shape index (κ3) is 4.91. The normalized spacial score (nSPS) is 11.6. The predicted molar refractivity (Wildman–Crippen MR) is 112 cm³/mol. The van der Waals surface area contributed by atoms with Gasteiger partial charge in [-0.1, -0.05) is 57.2 Å². The summed E-state index contributed by atoms with van der Waals surface area (Å²) in [6.07, 6.45) is 0. The average Bonchev–Trinajstić information content (AvgIpc) is 2.65. The fourth-order valence-electron chi connectivity index (χ4n) is 2.87. The van der Waals surface area contributed by atoms with Crippen molar-refractivity contribution in [3.63, 3.8) is 0 Å². The Hall–Kier alpha value is -2.82. The van der Waals surface area contributed by atoms with Crippen LogP contribution in [0.4, 0.5) is 5.69 Å². The first-order valence-electron chi connectivity index (χ1n) is 9.38. The van der Waals surface area contributed by atoms with E-state index in [1.165, 1.54) is 0 Å². The van der Waals surface area contributed by atoms with Crippen LogP contribution in [0.15, 0.2) is 48.5 Å². The molecule has 5 heteroatoms. The number of methoxy groups -OCH3 is 1. The van der Waals surface area contributed by atoms with E-state index in [1.807, 2.05) is 48.5 Å². The Bertz CT molecular complexity index is 851. The van der Waals surface area contributed by atoms with Crippen LogP contribution >= 0.6 is 0 Å². The minimum absolute atomic E-state index is 0.125. The topological polar surface area (TPSA) is 67.4 Å². The summed E-state index contributed by atoms with van der Waals surface area (Å²) in [5.41, 5.74) is 1.25. The van der Waals surface area contributed by atoms with E-state index in [9.17, 15) is 9.59 Å². The summed E-state index contributed by atoms with van der Waals surface area (Å²) in [6, 6.07) is 15.1. The van der Waals surface area contributed by atoms with E-state index < -0.39 is 5.41 Å². The number of carbonyl (C=O) groups is 2. The Kier molecular flexibility index (Phi) is 6.49. The second-order valence-electron chi connectivity index (χ2n) is 8.37. The number of ether oxygens (including phenoxy) is 1. The molecule has 0 atom stereocenters. The second-order valence-corrected chi connectivity index (χ2v) is 8.37.